The van der Waals surface area contributed by atoms with E-state index in [9.17, 15) is 0 Å². The van der Waals surface area contributed by atoms with Gasteiger partial charge in [-0.1, -0.05) is 6.07 Å². The second-order valence-electron chi connectivity index (χ2n) is 5.90. The summed E-state index contributed by atoms with van der Waals surface area (Å²) in [5.74, 6) is 1.18. The summed E-state index contributed by atoms with van der Waals surface area (Å²) in [6.07, 6.45) is 7.79. The van der Waals surface area contributed by atoms with Gasteiger partial charge < -0.3 is 4.57 Å². The van der Waals surface area contributed by atoms with Crippen LogP contribution < -0.4 is 0 Å². The topological polar surface area (TPSA) is 37.2 Å². The molecule has 2 aromatic heterocycles. The third-order valence-electron chi connectivity index (χ3n) is 4.63. The number of hydrogen-bond acceptors (Lipinski definition) is 4. The van der Waals surface area contributed by atoms with Crippen LogP contribution in [-0.4, -0.2) is 50.5 Å². The number of imidazole rings is 1. The normalized spacial score (nSPS) is 18.5. The van der Waals surface area contributed by atoms with Gasteiger partial charge in [0.1, 0.15) is 5.82 Å². The number of rotatable bonds is 5. The van der Waals surface area contributed by atoms with Crippen molar-refractivity contribution in [2.24, 2.45) is 0 Å². The van der Waals surface area contributed by atoms with Gasteiger partial charge in [0.05, 0.1) is 6.54 Å². The van der Waals surface area contributed by atoms with Crippen molar-refractivity contribution in [2.45, 2.75) is 33.0 Å². The van der Waals surface area contributed by atoms with Crippen LogP contribution in [-0.2, 0) is 13.1 Å². The first kappa shape index (κ1) is 15.2. The summed E-state index contributed by atoms with van der Waals surface area (Å²) >= 11 is 0. The van der Waals surface area contributed by atoms with Crippen LogP contribution in [0.4, 0.5) is 0 Å². The third kappa shape index (κ3) is 3.36. The Morgan fingerprint density at radius 3 is 2.68 bits per heavy atom. The second-order valence-corrected chi connectivity index (χ2v) is 5.90. The smallest absolute Gasteiger partial charge is 0.122 e. The average molecular weight is 299 g/mol. The third-order valence-corrected chi connectivity index (χ3v) is 4.63. The maximum Gasteiger partial charge on any atom is 0.122 e. The average Bonchev–Trinajstić information content (AvgIpc) is 3.03. The molecule has 0 radical (unpaired) electrons. The Morgan fingerprint density at radius 2 is 2.00 bits per heavy atom. The van der Waals surface area contributed by atoms with E-state index in [4.69, 9.17) is 0 Å². The monoisotopic (exact) mass is 299 g/mol. The summed E-state index contributed by atoms with van der Waals surface area (Å²) in [7, 11) is 0. The van der Waals surface area contributed by atoms with E-state index in [0.717, 1.165) is 39.3 Å². The van der Waals surface area contributed by atoms with Gasteiger partial charge in [0.25, 0.3) is 0 Å². The first-order valence-corrected chi connectivity index (χ1v) is 8.14. The highest BCUT2D eigenvalue weighted by molar-refractivity contribution is 5.13. The molecule has 5 heteroatoms. The van der Waals surface area contributed by atoms with Crippen molar-refractivity contribution in [3.8, 4) is 0 Å². The van der Waals surface area contributed by atoms with Gasteiger partial charge in [-0.25, -0.2) is 4.98 Å². The van der Waals surface area contributed by atoms with E-state index in [1.54, 1.807) is 0 Å². The Hall–Kier alpha value is -1.72. The Morgan fingerprint density at radius 1 is 1.18 bits per heavy atom. The SMILES string of the molecule is CCn1ccnc1CN1CCN([C@@H](C)c2cccnc2)CC1. The molecule has 0 bridgehead atoms. The predicted molar refractivity (Wildman–Crippen MR) is 87.4 cm³/mol. The second kappa shape index (κ2) is 7.03. The van der Waals surface area contributed by atoms with Crippen molar-refractivity contribution in [3.63, 3.8) is 0 Å². The fourth-order valence-electron chi connectivity index (χ4n) is 3.12. The highest BCUT2D eigenvalue weighted by Gasteiger charge is 2.22. The molecule has 1 aliphatic heterocycles. The molecule has 0 spiro atoms. The van der Waals surface area contributed by atoms with E-state index in [2.05, 4.69) is 50.4 Å². The fraction of sp³-hybridized carbons (Fsp3) is 0.529. The first-order valence-electron chi connectivity index (χ1n) is 8.14. The number of hydrogen-bond donors (Lipinski definition) is 0. The van der Waals surface area contributed by atoms with Crippen LogP contribution in [0.1, 0.15) is 31.3 Å². The van der Waals surface area contributed by atoms with Gasteiger partial charge >= 0.3 is 0 Å². The molecule has 0 saturated carbocycles. The van der Waals surface area contributed by atoms with E-state index in [0.29, 0.717) is 6.04 Å². The van der Waals surface area contributed by atoms with Gasteiger partial charge in [-0.3, -0.25) is 14.8 Å². The zero-order chi connectivity index (χ0) is 15.4. The van der Waals surface area contributed by atoms with E-state index in [1.165, 1.54) is 11.4 Å². The molecular formula is C17H25N5. The summed E-state index contributed by atoms with van der Waals surface area (Å²) in [4.78, 5) is 13.8. The summed E-state index contributed by atoms with van der Waals surface area (Å²) in [6.45, 7) is 10.8. The summed E-state index contributed by atoms with van der Waals surface area (Å²) in [5.41, 5.74) is 1.30. The van der Waals surface area contributed by atoms with Gasteiger partial charge in [-0.2, -0.15) is 0 Å². The van der Waals surface area contributed by atoms with E-state index in [-0.39, 0.29) is 0 Å². The largest absolute Gasteiger partial charge is 0.334 e. The van der Waals surface area contributed by atoms with Gasteiger partial charge in [-0.05, 0) is 25.5 Å². The minimum absolute atomic E-state index is 0.438. The van der Waals surface area contributed by atoms with Gasteiger partial charge in [0.15, 0.2) is 0 Å². The first-order chi connectivity index (χ1) is 10.8. The predicted octanol–water partition coefficient (Wildman–Crippen LogP) is 2.18. The molecule has 1 saturated heterocycles. The lowest BCUT2D eigenvalue weighted by molar-refractivity contribution is 0.0954. The molecular weight excluding hydrogens is 274 g/mol. The molecule has 1 aliphatic rings. The van der Waals surface area contributed by atoms with Crippen LogP contribution >= 0.6 is 0 Å². The summed E-state index contributed by atoms with van der Waals surface area (Å²) in [6, 6.07) is 4.63. The Labute approximate surface area is 132 Å². The van der Waals surface area contributed by atoms with Gasteiger partial charge in [0, 0.05) is 63.6 Å². The molecule has 0 N–H and O–H groups in total. The highest BCUT2D eigenvalue weighted by Crippen LogP contribution is 2.21. The van der Waals surface area contributed by atoms with Crippen LogP contribution in [0.5, 0.6) is 0 Å². The Kier molecular flexibility index (Phi) is 4.85. The van der Waals surface area contributed by atoms with Crippen molar-refractivity contribution in [1.82, 2.24) is 24.3 Å². The molecule has 2 aromatic rings. The minimum atomic E-state index is 0.438. The van der Waals surface area contributed by atoms with Crippen molar-refractivity contribution in [1.29, 1.82) is 0 Å². The zero-order valence-electron chi connectivity index (χ0n) is 13.5. The van der Waals surface area contributed by atoms with Crippen LogP contribution in [0.2, 0.25) is 0 Å². The lowest BCUT2D eigenvalue weighted by atomic mass is 10.1. The number of aryl methyl sites for hydroxylation is 1. The standard InChI is InChI=1S/C17H25N5/c1-3-21-8-7-19-17(21)14-20-9-11-22(12-10-20)15(2)16-5-4-6-18-13-16/h4-8,13,15H,3,9-12,14H2,1-2H3/t15-/m0/s1. The minimum Gasteiger partial charge on any atom is -0.334 e. The molecule has 118 valence electrons. The molecule has 5 nitrogen and oxygen atoms in total. The van der Waals surface area contributed by atoms with Crippen molar-refractivity contribution >= 4 is 0 Å². The van der Waals surface area contributed by atoms with Crippen LogP contribution in [0, 0.1) is 0 Å². The van der Waals surface area contributed by atoms with Crippen molar-refractivity contribution in [3.05, 3.63) is 48.3 Å². The quantitative estimate of drug-likeness (QED) is 0.848. The molecule has 3 heterocycles. The molecule has 0 unspecified atom stereocenters. The van der Waals surface area contributed by atoms with Crippen LogP contribution in [0.15, 0.2) is 36.9 Å². The van der Waals surface area contributed by atoms with E-state index >= 15 is 0 Å². The van der Waals surface area contributed by atoms with Crippen LogP contribution in [0.3, 0.4) is 0 Å². The molecule has 0 amide bonds. The molecule has 0 aliphatic carbocycles. The maximum absolute atomic E-state index is 4.48. The maximum atomic E-state index is 4.48. The van der Waals surface area contributed by atoms with E-state index in [1.807, 2.05) is 24.7 Å². The molecule has 1 atom stereocenters. The Balaban J connectivity index is 1.54. The zero-order valence-corrected chi connectivity index (χ0v) is 13.5. The number of nitrogens with zero attached hydrogens (tertiary/aromatic N) is 5. The van der Waals surface area contributed by atoms with Crippen molar-refractivity contribution < 1.29 is 0 Å². The summed E-state index contributed by atoms with van der Waals surface area (Å²) < 4.78 is 2.23. The molecule has 3 rings (SSSR count). The highest BCUT2D eigenvalue weighted by atomic mass is 15.3. The number of pyridine rings is 1. The fourth-order valence-corrected chi connectivity index (χ4v) is 3.12. The van der Waals surface area contributed by atoms with Gasteiger partial charge in [0.2, 0.25) is 0 Å². The molecule has 22 heavy (non-hydrogen) atoms. The van der Waals surface area contributed by atoms with E-state index < -0.39 is 0 Å². The molecule has 0 aromatic carbocycles. The number of aromatic nitrogens is 3. The lowest BCUT2D eigenvalue weighted by Crippen LogP contribution is -2.46. The number of piperazine rings is 1. The Bertz CT molecular complexity index is 572. The van der Waals surface area contributed by atoms with Gasteiger partial charge in [-0.15, -0.1) is 0 Å². The summed E-state index contributed by atoms with van der Waals surface area (Å²) in [5, 5.41) is 0. The van der Waals surface area contributed by atoms with Crippen LogP contribution in [0.25, 0.3) is 0 Å². The molecule has 1 fully saturated rings. The lowest BCUT2D eigenvalue weighted by Gasteiger charge is -2.38. The van der Waals surface area contributed by atoms with Crippen molar-refractivity contribution in [2.75, 3.05) is 26.2 Å².